The molecule has 6 N–H and O–H groups in total. The summed E-state index contributed by atoms with van der Waals surface area (Å²) in [5.41, 5.74) is 7.46. The maximum atomic E-state index is 11.9. The van der Waals surface area contributed by atoms with Crippen LogP contribution >= 0.6 is 0 Å². The van der Waals surface area contributed by atoms with E-state index in [-0.39, 0.29) is 11.5 Å². The molecule has 120 valence electrons. The molecule has 7 heteroatoms. The lowest BCUT2D eigenvalue weighted by atomic mass is 10.1. The third-order valence-corrected chi connectivity index (χ3v) is 3.74. The number of nitrogens with one attached hydrogen (secondary N) is 3. The van der Waals surface area contributed by atoms with Crippen molar-refractivity contribution in [2.45, 2.75) is 19.1 Å². The molecule has 1 aromatic carbocycles. The highest BCUT2D eigenvalue weighted by molar-refractivity contribution is 5.79. The predicted octanol–water partition coefficient (Wildman–Crippen LogP) is 1.05. The van der Waals surface area contributed by atoms with E-state index in [1.807, 2.05) is 30.3 Å². The molecule has 0 spiro atoms. The predicted molar refractivity (Wildman–Crippen MR) is 88.9 cm³/mol. The zero-order chi connectivity index (χ0) is 16.2. The molecule has 0 radical (unpaired) electrons. The van der Waals surface area contributed by atoms with Gasteiger partial charge in [-0.2, -0.15) is 4.98 Å². The van der Waals surface area contributed by atoms with Gasteiger partial charge in [-0.3, -0.25) is 9.78 Å². The summed E-state index contributed by atoms with van der Waals surface area (Å²) in [6, 6.07) is 9.54. The number of aliphatic hydroxyl groups excluding tert-OH is 1. The van der Waals surface area contributed by atoms with Gasteiger partial charge in [0.2, 0.25) is 5.95 Å². The number of H-pyrrole nitrogens is 2. The number of fused-ring (bicyclic) bond motifs is 1. The minimum atomic E-state index is -0.503. The fourth-order valence-electron chi connectivity index (χ4n) is 2.56. The van der Waals surface area contributed by atoms with Gasteiger partial charge >= 0.3 is 0 Å². The van der Waals surface area contributed by atoms with Gasteiger partial charge in [0, 0.05) is 12.7 Å². The van der Waals surface area contributed by atoms with Crippen LogP contribution in [0.2, 0.25) is 0 Å². The molecule has 7 nitrogen and oxygen atoms in total. The standard InChI is InChI=1S/C16H19N5O2/c17-16-20-14-13(15(23)21-16)11(9-19-14)8-18-7-6-12(22)10-4-2-1-3-5-10/h1-5,9,12,18,22H,6-8H2,(H4,17,19,20,21,23). The third kappa shape index (κ3) is 3.41. The van der Waals surface area contributed by atoms with Gasteiger partial charge in [0.15, 0.2) is 0 Å². The Morgan fingerprint density at radius 1 is 1.30 bits per heavy atom. The number of hydrogen-bond acceptors (Lipinski definition) is 5. The van der Waals surface area contributed by atoms with Crippen molar-refractivity contribution < 1.29 is 5.11 Å². The van der Waals surface area contributed by atoms with Gasteiger partial charge in [0.1, 0.15) is 5.65 Å². The lowest BCUT2D eigenvalue weighted by Gasteiger charge is -2.11. The molecule has 3 rings (SSSR count). The summed E-state index contributed by atoms with van der Waals surface area (Å²) in [6.07, 6.45) is 1.83. The smallest absolute Gasteiger partial charge is 0.262 e. The largest absolute Gasteiger partial charge is 0.388 e. The summed E-state index contributed by atoms with van der Waals surface area (Å²) in [7, 11) is 0. The number of hydrogen-bond donors (Lipinski definition) is 5. The zero-order valence-electron chi connectivity index (χ0n) is 12.5. The van der Waals surface area contributed by atoms with E-state index < -0.39 is 6.10 Å². The summed E-state index contributed by atoms with van der Waals surface area (Å²) in [4.78, 5) is 21.4. The van der Waals surface area contributed by atoms with Crippen molar-refractivity contribution in [3.63, 3.8) is 0 Å². The van der Waals surface area contributed by atoms with Crippen LogP contribution in [0.3, 0.4) is 0 Å². The number of benzene rings is 1. The molecule has 23 heavy (non-hydrogen) atoms. The summed E-state index contributed by atoms with van der Waals surface area (Å²) < 4.78 is 0. The van der Waals surface area contributed by atoms with Crippen molar-refractivity contribution in [1.82, 2.24) is 20.3 Å². The van der Waals surface area contributed by atoms with E-state index in [0.717, 1.165) is 11.1 Å². The Balaban J connectivity index is 1.58. The molecular weight excluding hydrogens is 294 g/mol. The minimum Gasteiger partial charge on any atom is -0.388 e. The molecule has 0 amide bonds. The molecule has 0 aliphatic carbocycles. The Labute approximate surface area is 132 Å². The van der Waals surface area contributed by atoms with Crippen molar-refractivity contribution in [2.75, 3.05) is 12.3 Å². The maximum absolute atomic E-state index is 11.9. The van der Waals surface area contributed by atoms with Gasteiger partial charge in [-0.1, -0.05) is 30.3 Å². The molecule has 0 saturated carbocycles. The molecule has 1 atom stereocenters. The van der Waals surface area contributed by atoms with Crippen LogP contribution in [0, 0.1) is 0 Å². The van der Waals surface area contributed by atoms with Crippen molar-refractivity contribution in [3.05, 3.63) is 58.0 Å². The molecule has 1 unspecified atom stereocenters. The fraction of sp³-hybridized carbons (Fsp3) is 0.250. The molecule has 2 heterocycles. The highest BCUT2D eigenvalue weighted by Gasteiger charge is 2.10. The summed E-state index contributed by atoms with van der Waals surface area (Å²) in [5, 5.41) is 13.8. The van der Waals surface area contributed by atoms with E-state index in [1.165, 1.54) is 0 Å². The average Bonchev–Trinajstić information content (AvgIpc) is 2.95. The second kappa shape index (κ2) is 6.64. The number of nitrogens with two attached hydrogens (primary N) is 1. The molecule has 0 aliphatic rings. The first kappa shape index (κ1) is 15.3. The monoisotopic (exact) mass is 313 g/mol. The van der Waals surface area contributed by atoms with Crippen molar-refractivity contribution >= 4 is 17.0 Å². The van der Waals surface area contributed by atoms with Crippen LogP contribution in [0.15, 0.2) is 41.3 Å². The SMILES string of the molecule is Nc1nc2[nH]cc(CNCCC(O)c3ccccc3)c2c(=O)[nH]1. The average molecular weight is 313 g/mol. The number of nitrogens with zero attached hydrogens (tertiary/aromatic N) is 1. The second-order valence-corrected chi connectivity index (χ2v) is 5.38. The van der Waals surface area contributed by atoms with Crippen molar-refractivity contribution in [3.8, 4) is 0 Å². The number of aromatic nitrogens is 3. The van der Waals surface area contributed by atoms with E-state index >= 15 is 0 Å². The lowest BCUT2D eigenvalue weighted by molar-refractivity contribution is 0.167. The Kier molecular flexibility index (Phi) is 4.40. The van der Waals surface area contributed by atoms with Crippen LogP contribution in [0.1, 0.15) is 23.7 Å². The van der Waals surface area contributed by atoms with Crippen molar-refractivity contribution in [1.29, 1.82) is 0 Å². The zero-order valence-corrected chi connectivity index (χ0v) is 12.5. The normalized spacial score (nSPS) is 12.6. The van der Waals surface area contributed by atoms with Crippen LogP contribution in [-0.4, -0.2) is 26.6 Å². The molecule has 0 bridgehead atoms. The fourth-order valence-corrected chi connectivity index (χ4v) is 2.56. The van der Waals surface area contributed by atoms with Crippen LogP contribution in [0.25, 0.3) is 11.0 Å². The van der Waals surface area contributed by atoms with Gasteiger partial charge < -0.3 is 21.1 Å². The van der Waals surface area contributed by atoms with E-state index in [9.17, 15) is 9.90 Å². The number of aromatic amines is 2. The van der Waals surface area contributed by atoms with Crippen LogP contribution in [0.5, 0.6) is 0 Å². The maximum Gasteiger partial charge on any atom is 0.262 e. The molecule has 0 fully saturated rings. The molecule has 2 aromatic heterocycles. The summed E-state index contributed by atoms with van der Waals surface area (Å²) >= 11 is 0. The molecule has 0 aliphatic heterocycles. The molecule has 0 saturated heterocycles. The van der Waals surface area contributed by atoms with Gasteiger partial charge in [0.05, 0.1) is 11.5 Å². The van der Waals surface area contributed by atoms with Gasteiger partial charge in [0.25, 0.3) is 5.56 Å². The van der Waals surface area contributed by atoms with Crippen molar-refractivity contribution in [2.24, 2.45) is 0 Å². The topological polar surface area (TPSA) is 120 Å². The summed E-state index contributed by atoms with van der Waals surface area (Å²) in [6.45, 7) is 1.14. The van der Waals surface area contributed by atoms with E-state index in [4.69, 9.17) is 5.73 Å². The Morgan fingerprint density at radius 3 is 2.87 bits per heavy atom. The van der Waals surface area contributed by atoms with Crippen LogP contribution in [0.4, 0.5) is 5.95 Å². The number of aliphatic hydroxyl groups is 1. The lowest BCUT2D eigenvalue weighted by Crippen LogP contribution is -2.18. The van der Waals surface area contributed by atoms with E-state index in [0.29, 0.717) is 30.5 Å². The van der Waals surface area contributed by atoms with E-state index in [1.54, 1.807) is 6.20 Å². The highest BCUT2D eigenvalue weighted by Crippen LogP contribution is 2.16. The van der Waals surface area contributed by atoms with E-state index in [2.05, 4.69) is 20.3 Å². The third-order valence-electron chi connectivity index (χ3n) is 3.74. The Bertz CT molecular complexity index is 841. The highest BCUT2D eigenvalue weighted by atomic mass is 16.3. The second-order valence-electron chi connectivity index (χ2n) is 5.38. The van der Waals surface area contributed by atoms with Gasteiger partial charge in [-0.05, 0) is 24.1 Å². The first-order valence-electron chi connectivity index (χ1n) is 7.44. The Hall–Kier alpha value is -2.64. The molecular formula is C16H19N5O2. The minimum absolute atomic E-state index is 0.0924. The van der Waals surface area contributed by atoms with Crippen LogP contribution < -0.4 is 16.6 Å². The number of rotatable bonds is 6. The first-order chi connectivity index (χ1) is 11.1. The van der Waals surface area contributed by atoms with Gasteiger partial charge in [-0.15, -0.1) is 0 Å². The Morgan fingerprint density at radius 2 is 2.09 bits per heavy atom. The molecule has 3 aromatic rings. The number of anilines is 1. The quantitative estimate of drug-likeness (QED) is 0.436. The number of nitrogen functional groups attached to an aromatic ring is 1. The summed E-state index contributed by atoms with van der Waals surface area (Å²) in [5.74, 6) is 0.0924. The van der Waals surface area contributed by atoms with Gasteiger partial charge in [-0.25, -0.2) is 0 Å². The van der Waals surface area contributed by atoms with Crippen LogP contribution in [-0.2, 0) is 6.54 Å². The first-order valence-corrected chi connectivity index (χ1v) is 7.44.